The van der Waals surface area contributed by atoms with Gasteiger partial charge in [0, 0.05) is 34.1 Å². The van der Waals surface area contributed by atoms with Gasteiger partial charge in [-0.2, -0.15) is 0 Å². The highest BCUT2D eigenvalue weighted by molar-refractivity contribution is 7.00. The third-order valence-electron chi connectivity index (χ3n) is 17.1. The molecular weight excluding hydrogens is 844 g/mol. The Morgan fingerprint density at radius 1 is 0.400 bits per heavy atom. The van der Waals surface area contributed by atoms with Crippen LogP contribution in [0.5, 0.6) is 0 Å². The Morgan fingerprint density at radius 2 is 0.757 bits per heavy atom. The summed E-state index contributed by atoms with van der Waals surface area (Å²) < 4.78 is 0. The van der Waals surface area contributed by atoms with E-state index in [2.05, 4.69) is 211 Å². The van der Waals surface area contributed by atoms with Crippen LogP contribution < -0.4 is 26.2 Å². The van der Waals surface area contributed by atoms with Crippen molar-refractivity contribution >= 4 is 57.2 Å². The predicted octanol–water partition coefficient (Wildman–Crippen LogP) is 17.6. The Morgan fingerprint density at radius 3 is 1.10 bits per heavy atom. The quantitative estimate of drug-likeness (QED) is 0.159. The van der Waals surface area contributed by atoms with Gasteiger partial charge in [0.15, 0.2) is 0 Å². The van der Waals surface area contributed by atoms with Gasteiger partial charge in [-0.15, -0.1) is 0 Å². The molecule has 0 radical (unpaired) electrons. The molecule has 2 aliphatic heterocycles. The number of rotatable bonds is 5. The van der Waals surface area contributed by atoms with Crippen molar-refractivity contribution in [2.24, 2.45) is 0 Å². The van der Waals surface area contributed by atoms with E-state index in [1.165, 1.54) is 176 Å². The Balaban J connectivity index is 1.37. The van der Waals surface area contributed by atoms with Crippen LogP contribution >= 0.6 is 0 Å². The summed E-state index contributed by atoms with van der Waals surface area (Å²) in [5.41, 5.74) is 27.2. The molecule has 4 aliphatic rings. The summed E-state index contributed by atoms with van der Waals surface area (Å²) in [6, 6.07) is 40.8. The molecule has 364 valence electrons. The van der Waals surface area contributed by atoms with E-state index in [4.69, 9.17) is 0 Å². The third kappa shape index (κ3) is 8.89. The van der Waals surface area contributed by atoms with E-state index >= 15 is 0 Å². The molecule has 6 aromatic rings. The van der Waals surface area contributed by atoms with Crippen molar-refractivity contribution in [2.45, 2.75) is 202 Å². The van der Waals surface area contributed by atoms with Gasteiger partial charge in [-0.25, -0.2) is 0 Å². The second-order valence-corrected chi connectivity index (χ2v) is 26.6. The maximum atomic E-state index is 2.75. The largest absolute Gasteiger partial charge is 0.311 e. The summed E-state index contributed by atoms with van der Waals surface area (Å²) in [7, 11) is 0. The monoisotopic (exact) mass is 927 g/mol. The van der Waals surface area contributed by atoms with Crippen molar-refractivity contribution in [1.29, 1.82) is 0 Å². The van der Waals surface area contributed by atoms with Gasteiger partial charge in [0.1, 0.15) is 0 Å². The molecule has 0 amide bonds. The van der Waals surface area contributed by atoms with Crippen LogP contribution in [0.4, 0.5) is 34.1 Å². The summed E-state index contributed by atoms with van der Waals surface area (Å²) >= 11 is 0. The zero-order valence-corrected chi connectivity index (χ0v) is 45.9. The number of nitrogens with zero attached hydrogens (tertiary/aromatic N) is 2. The first-order valence-corrected chi connectivity index (χ1v) is 27.4. The van der Waals surface area contributed by atoms with E-state index in [9.17, 15) is 0 Å². The molecule has 2 aliphatic carbocycles. The smallest absolute Gasteiger partial charge is 0.252 e. The van der Waals surface area contributed by atoms with Crippen LogP contribution in [-0.4, -0.2) is 6.71 Å². The molecule has 0 N–H and O–H groups in total. The summed E-state index contributed by atoms with van der Waals surface area (Å²) in [5.74, 6) is 1.18. The minimum Gasteiger partial charge on any atom is -0.311 e. The van der Waals surface area contributed by atoms with Crippen LogP contribution in [0.15, 0.2) is 97.1 Å². The lowest BCUT2D eigenvalue weighted by Gasteiger charge is -2.45. The molecule has 2 nitrogen and oxygen atoms in total. The molecule has 0 aromatic heterocycles. The van der Waals surface area contributed by atoms with Gasteiger partial charge in [0.05, 0.1) is 0 Å². The average Bonchev–Trinajstić information content (AvgIpc) is 3.30. The lowest BCUT2D eigenvalue weighted by Crippen LogP contribution is -2.61. The maximum Gasteiger partial charge on any atom is 0.252 e. The lowest BCUT2D eigenvalue weighted by molar-refractivity contribution is 0.444. The standard InChI is InChI=1S/C67H83BN2/c1-42-30-43(2)62(44(3)31-42)49-34-60-63-61(35-49)70(55-40-52(66(10,11)12)37-53(41-55)67(13,14)15)59-33-48(46-24-20-17-21-25-46)27-29-57(59)68(63)56-28-26-47(45-22-18-16-19-23-45)32-58(56)69(60)54-38-50(64(4,5)6)36-51(39-54)65(7,8)9/h26-41,45-46H,16-25H2,1-15H3. The summed E-state index contributed by atoms with van der Waals surface area (Å²) in [5, 5.41) is 0. The van der Waals surface area contributed by atoms with E-state index in [1.54, 1.807) is 0 Å². The van der Waals surface area contributed by atoms with Gasteiger partial charge < -0.3 is 9.80 Å². The fraction of sp³-hybridized carbons (Fsp3) is 0.463. The van der Waals surface area contributed by atoms with Crippen LogP contribution in [0.2, 0.25) is 0 Å². The van der Waals surface area contributed by atoms with Crippen LogP contribution in [0.3, 0.4) is 0 Å². The zero-order chi connectivity index (χ0) is 49.8. The van der Waals surface area contributed by atoms with Crippen molar-refractivity contribution < 1.29 is 0 Å². The molecule has 2 fully saturated rings. The van der Waals surface area contributed by atoms with E-state index < -0.39 is 0 Å². The maximum absolute atomic E-state index is 2.75. The van der Waals surface area contributed by atoms with E-state index in [0.717, 1.165) is 0 Å². The summed E-state index contributed by atoms with van der Waals surface area (Å²) in [6.45, 7) is 35.6. The van der Waals surface area contributed by atoms with Crippen LogP contribution in [0.1, 0.15) is 209 Å². The Bertz CT molecular complexity index is 2720. The van der Waals surface area contributed by atoms with Gasteiger partial charge in [-0.3, -0.25) is 0 Å². The molecule has 0 bridgehead atoms. The SMILES string of the molecule is Cc1cc(C)c(-c2cc3c4c(c2)N(c2cc(C(C)(C)C)cc(C(C)(C)C)c2)c2cc(C5CCCCC5)ccc2B4c2ccc(C4CCCCC4)cc2N3c2cc(C(C)(C)C)cc(C(C)(C)C)c2)c(C)c1. The van der Waals surface area contributed by atoms with Gasteiger partial charge in [-0.05, 0) is 201 Å². The summed E-state index contributed by atoms with van der Waals surface area (Å²) in [4.78, 5) is 5.49. The van der Waals surface area contributed by atoms with Gasteiger partial charge in [0.2, 0.25) is 0 Å². The highest BCUT2D eigenvalue weighted by atomic mass is 15.2. The second kappa shape index (κ2) is 17.6. The van der Waals surface area contributed by atoms with Crippen molar-refractivity contribution in [1.82, 2.24) is 0 Å². The van der Waals surface area contributed by atoms with E-state index in [1.807, 2.05) is 0 Å². The number of aryl methyl sites for hydroxylation is 3. The minimum absolute atomic E-state index is 0.0346. The molecule has 0 unspecified atom stereocenters. The lowest BCUT2D eigenvalue weighted by atomic mass is 9.33. The van der Waals surface area contributed by atoms with Crippen molar-refractivity contribution in [3.63, 3.8) is 0 Å². The number of hydrogen-bond donors (Lipinski definition) is 0. The minimum atomic E-state index is -0.0346. The van der Waals surface area contributed by atoms with Crippen LogP contribution in [0, 0.1) is 20.8 Å². The average molecular weight is 927 g/mol. The van der Waals surface area contributed by atoms with Gasteiger partial charge in [-0.1, -0.05) is 176 Å². The Kier molecular flexibility index (Phi) is 12.2. The fourth-order valence-electron chi connectivity index (χ4n) is 13.0. The van der Waals surface area contributed by atoms with E-state index in [-0.39, 0.29) is 28.4 Å². The van der Waals surface area contributed by atoms with Crippen molar-refractivity contribution in [3.8, 4) is 11.1 Å². The molecular formula is C67H83BN2. The number of benzene rings is 6. The fourth-order valence-corrected chi connectivity index (χ4v) is 13.0. The molecule has 0 spiro atoms. The van der Waals surface area contributed by atoms with Crippen molar-refractivity contribution in [3.05, 3.63) is 147 Å². The zero-order valence-electron chi connectivity index (χ0n) is 45.9. The molecule has 2 heterocycles. The van der Waals surface area contributed by atoms with Crippen LogP contribution in [-0.2, 0) is 21.7 Å². The predicted molar refractivity (Wildman–Crippen MR) is 307 cm³/mol. The first kappa shape index (κ1) is 48.6. The first-order valence-electron chi connectivity index (χ1n) is 27.4. The number of anilines is 6. The van der Waals surface area contributed by atoms with E-state index in [0.29, 0.717) is 11.8 Å². The highest BCUT2D eigenvalue weighted by Gasteiger charge is 2.45. The van der Waals surface area contributed by atoms with Crippen molar-refractivity contribution in [2.75, 3.05) is 9.80 Å². The molecule has 3 heteroatoms. The summed E-state index contributed by atoms with van der Waals surface area (Å²) in [6.07, 6.45) is 13.1. The Labute approximate surface area is 424 Å². The first-order chi connectivity index (χ1) is 33.0. The normalized spacial score (nSPS) is 16.9. The van der Waals surface area contributed by atoms with Crippen LogP contribution in [0.25, 0.3) is 11.1 Å². The van der Waals surface area contributed by atoms with Gasteiger partial charge >= 0.3 is 0 Å². The third-order valence-corrected chi connectivity index (χ3v) is 17.1. The van der Waals surface area contributed by atoms with Gasteiger partial charge in [0.25, 0.3) is 6.71 Å². The topological polar surface area (TPSA) is 6.48 Å². The molecule has 6 aromatic carbocycles. The molecule has 70 heavy (non-hydrogen) atoms. The Hall–Kier alpha value is -5.02. The molecule has 0 saturated heterocycles. The molecule has 2 saturated carbocycles. The second-order valence-electron chi connectivity index (χ2n) is 26.6. The highest BCUT2D eigenvalue weighted by Crippen LogP contribution is 2.50. The number of fused-ring (bicyclic) bond motifs is 4. The number of hydrogen-bond acceptors (Lipinski definition) is 2. The molecule has 0 atom stereocenters. The molecule has 10 rings (SSSR count).